The van der Waals surface area contributed by atoms with E-state index in [9.17, 15) is 0 Å². The van der Waals surface area contributed by atoms with Crippen LogP contribution in [0, 0.1) is 0 Å². The van der Waals surface area contributed by atoms with E-state index in [1.165, 1.54) is 4.88 Å². The zero-order valence-corrected chi connectivity index (χ0v) is 13.5. The molecule has 0 amide bonds. The van der Waals surface area contributed by atoms with Gasteiger partial charge in [-0.15, -0.1) is 21.5 Å². The fourth-order valence-electron chi connectivity index (χ4n) is 1.63. The van der Waals surface area contributed by atoms with Crippen molar-refractivity contribution in [2.24, 2.45) is 5.73 Å². The molecule has 0 unspecified atom stereocenters. The molecule has 0 aromatic carbocycles. The summed E-state index contributed by atoms with van der Waals surface area (Å²) in [6, 6.07) is 2.47. The summed E-state index contributed by atoms with van der Waals surface area (Å²) in [6.07, 6.45) is 0. The van der Waals surface area contributed by atoms with E-state index in [1.807, 2.05) is 0 Å². The van der Waals surface area contributed by atoms with Crippen LogP contribution in [0.3, 0.4) is 0 Å². The van der Waals surface area contributed by atoms with Gasteiger partial charge in [-0.3, -0.25) is 0 Å². The zero-order valence-electron chi connectivity index (χ0n) is 10.3. The number of hydrogen-bond acceptors (Lipinski definition) is 5. The molecule has 7 heteroatoms. The number of nitrogens with two attached hydrogens (primary N) is 1. The highest BCUT2D eigenvalue weighted by molar-refractivity contribution is 9.10. The van der Waals surface area contributed by atoms with Crippen LogP contribution >= 0.6 is 39.0 Å². The van der Waals surface area contributed by atoms with Crippen molar-refractivity contribution in [1.82, 2.24) is 14.8 Å². The largest absolute Gasteiger partial charge is 0.324 e. The lowest BCUT2D eigenvalue weighted by atomic mass is 10.4. The molecule has 2 rings (SSSR count). The standard InChI is InChI=1S/C11H15BrN4S2/c1-7(2)16-10(4-13)14-15-11(16)18-6-9-3-8(12)5-17-9/h3,5,7H,4,6,13H2,1-2H3. The van der Waals surface area contributed by atoms with Gasteiger partial charge in [-0.1, -0.05) is 11.8 Å². The Hall–Kier alpha value is -0.370. The van der Waals surface area contributed by atoms with Crippen LogP contribution in [0.5, 0.6) is 0 Å². The van der Waals surface area contributed by atoms with Crippen LogP contribution in [0.2, 0.25) is 0 Å². The highest BCUT2D eigenvalue weighted by atomic mass is 79.9. The molecule has 2 aromatic heterocycles. The molecule has 2 heterocycles. The summed E-state index contributed by atoms with van der Waals surface area (Å²) < 4.78 is 3.24. The predicted molar refractivity (Wildman–Crippen MR) is 79.9 cm³/mol. The second-order valence-corrected chi connectivity index (χ2v) is 6.94. The lowest BCUT2D eigenvalue weighted by Gasteiger charge is -2.12. The summed E-state index contributed by atoms with van der Waals surface area (Å²) in [5.74, 6) is 1.76. The monoisotopic (exact) mass is 346 g/mol. The highest BCUT2D eigenvalue weighted by Crippen LogP contribution is 2.28. The van der Waals surface area contributed by atoms with Gasteiger partial charge in [-0.2, -0.15) is 0 Å². The van der Waals surface area contributed by atoms with Gasteiger partial charge in [-0.25, -0.2) is 0 Å². The smallest absolute Gasteiger partial charge is 0.191 e. The van der Waals surface area contributed by atoms with Crippen molar-refractivity contribution in [3.8, 4) is 0 Å². The van der Waals surface area contributed by atoms with Gasteiger partial charge >= 0.3 is 0 Å². The Morgan fingerprint density at radius 2 is 2.28 bits per heavy atom. The minimum absolute atomic E-state index is 0.330. The number of thioether (sulfide) groups is 1. The van der Waals surface area contributed by atoms with Gasteiger partial charge in [0, 0.05) is 26.5 Å². The lowest BCUT2D eigenvalue weighted by Crippen LogP contribution is -2.11. The van der Waals surface area contributed by atoms with E-state index in [-0.39, 0.29) is 0 Å². The molecule has 18 heavy (non-hydrogen) atoms. The van der Waals surface area contributed by atoms with E-state index in [4.69, 9.17) is 5.73 Å². The lowest BCUT2D eigenvalue weighted by molar-refractivity contribution is 0.526. The molecule has 0 radical (unpaired) electrons. The Bertz CT molecular complexity index is 521. The van der Waals surface area contributed by atoms with Crippen LogP contribution in [0.1, 0.15) is 30.6 Å². The number of halogens is 1. The number of aromatic nitrogens is 3. The SMILES string of the molecule is CC(C)n1c(CN)nnc1SCc1cc(Br)cs1. The van der Waals surface area contributed by atoms with Crippen LogP contribution < -0.4 is 5.73 Å². The number of rotatable bonds is 5. The van der Waals surface area contributed by atoms with Crippen molar-refractivity contribution in [2.75, 3.05) is 0 Å². The molecule has 0 aliphatic carbocycles. The van der Waals surface area contributed by atoms with Crippen molar-refractivity contribution >= 4 is 39.0 Å². The van der Waals surface area contributed by atoms with Crippen molar-refractivity contribution < 1.29 is 0 Å². The van der Waals surface area contributed by atoms with Gasteiger partial charge in [0.1, 0.15) is 5.82 Å². The molecular formula is C11H15BrN4S2. The molecule has 0 saturated heterocycles. The Morgan fingerprint density at radius 3 is 2.83 bits per heavy atom. The van der Waals surface area contributed by atoms with Crippen LogP contribution in [0.25, 0.3) is 0 Å². The van der Waals surface area contributed by atoms with Gasteiger partial charge in [0.2, 0.25) is 0 Å². The second-order valence-electron chi connectivity index (χ2n) is 4.09. The van der Waals surface area contributed by atoms with Gasteiger partial charge in [-0.05, 0) is 35.8 Å². The summed E-state index contributed by atoms with van der Waals surface area (Å²) in [6.45, 7) is 4.67. The number of thiophene rings is 1. The molecule has 0 atom stereocenters. The van der Waals surface area contributed by atoms with E-state index in [0.29, 0.717) is 12.6 Å². The third-order valence-corrected chi connectivity index (χ3v) is 5.27. The Labute approximate surface area is 123 Å². The topological polar surface area (TPSA) is 56.7 Å². The van der Waals surface area contributed by atoms with E-state index in [0.717, 1.165) is 21.2 Å². The Kier molecular flexibility index (Phi) is 4.83. The summed E-state index contributed by atoms with van der Waals surface area (Å²) in [4.78, 5) is 1.32. The van der Waals surface area contributed by atoms with Gasteiger partial charge < -0.3 is 10.3 Å². The third-order valence-electron chi connectivity index (χ3n) is 2.40. The zero-order chi connectivity index (χ0) is 13.1. The molecule has 0 fully saturated rings. The quantitative estimate of drug-likeness (QED) is 0.842. The summed E-state index contributed by atoms with van der Waals surface area (Å²) >= 11 is 6.91. The molecule has 4 nitrogen and oxygen atoms in total. The minimum Gasteiger partial charge on any atom is -0.324 e. The first kappa shape index (κ1) is 14.0. The first-order valence-electron chi connectivity index (χ1n) is 5.61. The van der Waals surface area contributed by atoms with E-state index >= 15 is 0 Å². The second kappa shape index (κ2) is 6.18. The minimum atomic E-state index is 0.330. The van der Waals surface area contributed by atoms with Crippen molar-refractivity contribution in [2.45, 2.75) is 37.3 Å². The van der Waals surface area contributed by atoms with Crippen molar-refractivity contribution in [3.05, 3.63) is 26.6 Å². The van der Waals surface area contributed by atoms with Crippen molar-refractivity contribution in [1.29, 1.82) is 0 Å². The van der Waals surface area contributed by atoms with Gasteiger partial charge in [0.25, 0.3) is 0 Å². The molecule has 2 aromatic rings. The summed E-state index contributed by atoms with van der Waals surface area (Å²) in [5.41, 5.74) is 5.68. The fraction of sp³-hybridized carbons (Fsp3) is 0.455. The first-order chi connectivity index (χ1) is 8.61. The first-order valence-corrected chi connectivity index (χ1v) is 8.27. The van der Waals surface area contributed by atoms with Gasteiger partial charge in [0.05, 0.1) is 6.54 Å². The fourth-order valence-corrected chi connectivity index (χ4v) is 4.22. The summed E-state index contributed by atoms with van der Waals surface area (Å²) in [7, 11) is 0. The average Bonchev–Trinajstić information content (AvgIpc) is 2.92. The number of nitrogens with zero attached hydrogens (tertiary/aromatic N) is 3. The number of hydrogen-bond donors (Lipinski definition) is 1. The van der Waals surface area contributed by atoms with Crippen LogP contribution in [-0.2, 0) is 12.3 Å². The van der Waals surface area contributed by atoms with E-state index < -0.39 is 0 Å². The predicted octanol–water partition coefficient (Wildman–Crippen LogP) is 3.43. The maximum Gasteiger partial charge on any atom is 0.191 e. The third kappa shape index (κ3) is 3.14. The molecular weight excluding hydrogens is 332 g/mol. The normalized spacial score (nSPS) is 11.4. The average molecular weight is 347 g/mol. The molecule has 0 spiro atoms. The highest BCUT2D eigenvalue weighted by Gasteiger charge is 2.14. The summed E-state index contributed by atoms with van der Waals surface area (Å²) in [5, 5.41) is 11.4. The molecule has 0 bridgehead atoms. The van der Waals surface area contributed by atoms with E-state index in [1.54, 1.807) is 23.1 Å². The van der Waals surface area contributed by atoms with Gasteiger partial charge in [0.15, 0.2) is 5.16 Å². The van der Waals surface area contributed by atoms with Crippen LogP contribution in [0.15, 0.2) is 21.1 Å². The van der Waals surface area contributed by atoms with E-state index in [2.05, 4.69) is 56.0 Å². The molecule has 0 aliphatic rings. The van der Waals surface area contributed by atoms with Crippen LogP contribution in [-0.4, -0.2) is 14.8 Å². The molecule has 0 aliphatic heterocycles. The molecule has 98 valence electrons. The maximum absolute atomic E-state index is 5.68. The van der Waals surface area contributed by atoms with Crippen LogP contribution in [0.4, 0.5) is 0 Å². The van der Waals surface area contributed by atoms with Crippen molar-refractivity contribution in [3.63, 3.8) is 0 Å². The Balaban J connectivity index is 2.11. The molecule has 2 N–H and O–H groups in total. The maximum atomic E-state index is 5.68. The Morgan fingerprint density at radius 1 is 1.50 bits per heavy atom. The molecule has 0 saturated carbocycles.